The summed E-state index contributed by atoms with van der Waals surface area (Å²) in [4.78, 5) is 0. The first-order chi connectivity index (χ1) is 8.00. The molecule has 6 heteroatoms. The van der Waals surface area contributed by atoms with Gasteiger partial charge in [0.15, 0.2) is 16.6 Å². The van der Waals surface area contributed by atoms with Crippen LogP contribution in [0.4, 0.5) is 0 Å². The second-order valence-electron chi connectivity index (χ2n) is 4.28. The van der Waals surface area contributed by atoms with E-state index >= 15 is 0 Å². The molecule has 0 aliphatic heterocycles. The highest BCUT2D eigenvalue weighted by atomic mass is 35.5. The van der Waals surface area contributed by atoms with Crippen LogP contribution in [-0.4, -0.2) is 31.0 Å². The second kappa shape index (κ2) is 4.58. The maximum atomic E-state index is 9.27. The number of rotatable bonds is 3. The molecule has 1 unspecified atom stereocenters. The molecule has 0 fully saturated rings. The van der Waals surface area contributed by atoms with Crippen LogP contribution in [-0.2, 0) is 6.42 Å². The summed E-state index contributed by atoms with van der Waals surface area (Å²) in [6.45, 7) is 5.61. The fraction of sp³-hybridized carbons (Fsp3) is 0.545. The van der Waals surface area contributed by atoms with Crippen LogP contribution in [0.3, 0.4) is 0 Å². The predicted molar refractivity (Wildman–Crippen MR) is 65.3 cm³/mol. The largest absolute Gasteiger partial charge is 0.393 e. The number of nitrogens with zero attached hydrogens (tertiary/aromatic N) is 4. The molecule has 2 rings (SSSR count). The number of halogens is 1. The molecule has 0 aliphatic rings. The van der Waals surface area contributed by atoms with Gasteiger partial charge in [-0.1, -0.05) is 11.6 Å². The van der Waals surface area contributed by atoms with Crippen molar-refractivity contribution in [2.45, 2.75) is 39.7 Å². The highest BCUT2D eigenvalue weighted by Crippen LogP contribution is 2.19. The van der Waals surface area contributed by atoms with Gasteiger partial charge >= 0.3 is 0 Å². The molecule has 1 N–H and O–H groups in total. The van der Waals surface area contributed by atoms with Gasteiger partial charge < -0.3 is 5.11 Å². The van der Waals surface area contributed by atoms with Gasteiger partial charge in [-0.05, 0) is 32.8 Å². The third kappa shape index (κ3) is 2.25. The van der Waals surface area contributed by atoms with E-state index in [4.69, 9.17) is 11.6 Å². The van der Waals surface area contributed by atoms with Gasteiger partial charge in [0.25, 0.3) is 0 Å². The Morgan fingerprint density at radius 3 is 2.65 bits per heavy atom. The van der Waals surface area contributed by atoms with Crippen molar-refractivity contribution in [3.8, 4) is 0 Å². The van der Waals surface area contributed by atoms with Crippen LogP contribution in [0.25, 0.3) is 5.65 Å². The highest BCUT2D eigenvalue weighted by Gasteiger charge is 2.13. The first-order valence-electron chi connectivity index (χ1n) is 5.55. The standard InChI is InChI=1S/C11H15ClN4O/c1-6(17)4-5-9-13-14-11-8(3)7(2)10(12)15-16(9)11/h6,17H,4-5H2,1-3H3. The number of hydrogen-bond donors (Lipinski definition) is 1. The zero-order chi connectivity index (χ0) is 12.6. The van der Waals surface area contributed by atoms with Gasteiger partial charge in [-0.15, -0.1) is 10.2 Å². The summed E-state index contributed by atoms with van der Waals surface area (Å²) in [5.41, 5.74) is 2.64. The van der Waals surface area contributed by atoms with Crippen LogP contribution >= 0.6 is 11.6 Å². The van der Waals surface area contributed by atoms with E-state index in [1.807, 2.05) is 13.8 Å². The molecule has 0 aromatic carbocycles. The Morgan fingerprint density at radius 2 is 2.00 bits per heavy atom. The van der Waals surface area contributed by atoms with Crippen LogP contribution in [0, 0.1) is 13.8 Å². The predicted octanol–water partition coefficient (Wildman–Crippen LogP) is 1.71. The summed E-state index contributed by atoms with van der Waals surface area (Å²) >= 11 is 6.05. The summed E-state index contributed by atoms with van der Waals surface area (Å²) in [6.07, 6.45) is 0.905. The molecular formula is C11H15ClN4O. The number of fused-ring (bicyclic) bond motifs is 1. The molecule has 92 valence electrons. The lowest BCUT2D eigenvalue weighted by molar-refractivity contribution is 0.184. The Kier molecular flexibility index (Phi) is 3.31. The van der Waals surface area contributed by atoms with Crippen LogP contribution in [0.5, 0.6) is 0 Å². The number of aliphatic hydroxyl groups is 1. The topological polar surface area (TPSA) is 63.3 Å². The van der Waals surface area contributed by atoms with Gasteiger partial charge in [0, 0.05) is 12.0 Å². The quantitative estimate of drug-likeness (QED) is 0.906. The fourth-order valence-corrected chi connectivity index (χ4v) is 1.85. The molecule has 0 saturated carbocycles. The van der Waals surface area contributed by atoms with Gasteiger partial charge in [0.2, 0.25) is 0 Å². The molecule has 0 amide bonds. The Morgan fingerprint density at radius 1 is 1.29 bits per heavy atom. The average molecular weight is 255 g/mol. The molecule has 0 spiro atoms. The Bertz CT molecular complexity index is 550. The van der Waals surface area contributed by atoms with Crippen LogP contribution in [0.2, 0.25) is 5.15 Å². The minimum atomic E-state index is -0.357. The highest BCUT2D eigenvalue weighted by molar-refractivity contribution is 6.30. The van der Waals surface area contributed by atoms with Crippen molar-refractivity contribution in [1.29, 1.82) is 0 Å². The smallest absolute Gasteiger partial charge is 0.181 e. The maximum Gasteiger partial charge on any atom is 0.181 e. The minimum Gasteiger partial charge on any atom is -0.393 e. The second-order valence-corrected chi connectivity index (χ2v) is 4.64. The van der Waals surface area contributed by atoms with Crippen molar-refractivity contribution in [2.24, 2.45) is 0 Å². The molecule has 17 heavy (non-hydrogen) atoms. The lowest BCUT2D eigenvalue weighted by atomic mass is 10.2. The van der Waals surface area contributed by atoms with Crippen molar-refractivity contribution < 1.29 is 5.11 Å². The van der Waals surface area contributed by atoms with Gasteiger partial charge in [-0.25, -0.2) is 0 Å². The summed E-state index contributed by atoms with van der Waals surface area (Å²) < 4.78 is 1.66. The maximum absolute atomic E-state index is 9.27. The van der Waals surface area contributed by atoms with E-state index in [1.54, 1.807) is 11.4 Å². The summed E-state index contributed by atoms with van der Waals surface area (Å²) in [7, 11) is 0. The molecule has 0 bridgehead atoms. The lowest BCUT2D eigenvalue weighted by Crippen LogP contribution is -2.06. The summed E-state index contributed by atoms with van der Waals surface area (Å²) in [5.74, 6) is 0.728. The van der Waals surface area contributed by atoms with Crippen molar-refractivity contribution in [3.05, 3.63) is 22.1 Å². The van der Waals surface area contributed by atoms with Gasteiger partial charge in [0.05, 0.1) is 6.10 Å². The minimum absolute atomic E-state index is 0.357. The van der Waals surface area contributed by atoms with E-state index in [0.717, 1.165) is 22.6 Å². The summed E-state index contributed by atoms with van der Waals surface area (Å²) in [6, 6.07) is 0. The first kappa shape index (κ1) is 12.3. The van der Waals surface area contributed by atoms with Crippen molar-refractivity contribution in [3.63, 3.8) is 0 Å². The van der Waals surface area contributed by atoms with Gasteiger partial charge in [-0.2, -0.15) is 9.61 Å². The van der Waals surface area contributed by atoms with E-state index in [-0.39, 0.29) is 6.10 Å². The van der Waals surface area contributed by atoms with Crippen LogP contribution < -0.4 is 0 Å². The summed E-state index contributed by atoms with van der Waals surface area (Å²) in [5, 5.41) is 22.2. The lowest BCUT2D eigenvalue weighted by Gasteiger charge is -2.05. The van der Waals surface area contributed by atoms with Crippen molar-refractivity contribution in [1.82, 2.24) is 19.8 Å². The molecule has 0 radical (unpaired) electrons. The normalized spacial score (nSPS) is 13.2. The Labute approximate surface area is 104 Å². The molecule has 0 aliphatic carbocycles. The first-order valence-corrected chi connectivity index (χ1v) is 5.93. The SMILES string of the molecule is Cc1c(Cl)nn2c(CCC(C)O)nnc2c1C. The number of aliphatic hydroxyl groups excluding tert-OH is 1. The van der Waals surface area contributed by atoms with E-state index in [9.17, 15) is 5.11 Å². The van der Waals surface area contributed by atoms with E-state index in [1.165, 1.54) is 0 Å². The van der Waals surface area contributed by atoms with E-state index in [0.29, 0.717) is 18.0 Å². The fourth-order valence-electron chi connectivity index (χ4n) is 1.63. The molecule has 2 aromatic heterocycles. The zero-order valence-electron chi connectivity index (χ0n) is 10.1. The molecule has 2 aromatic rings. The zero-order valence-corrected chi connectivity index (χ0v) is 10.9. The number of aryl methyl sites for hydroxylation is 2. The Balaban J connectivity index is 2.46. The average Bonchev–Trinajstić information content (AvgIpc) is 2.66. The van der Waals surface area contributed by atoms with Crippen molar-refractivity contribution >= 4 is 17.2 Å². The number of hydrogen-bond acceptors (Lipinski definition) is 4. The van der Waals surface area contributed by atoms with Gasteiger partial charge in [-0.3, -0.25) is 0 Å². The molecule has 2 heterocycles. The third-order valence-corrected chi connectivity index (χ3v) is 3.25. The Hall–Kier alpha value is -1.20. The number of aromatic nitrogens is 4. The van der Waals surface area contributed by atoms with Gasteiger partial charge in [0.1, 0.15) is 0 Å². The van der Waals surface area contributed by atoms with E-state index in [2.05, 4.69) is 15.3 Å². The molecular weight excluding hydrogens is 240 g/mol. The third-order valence-electron chi connectivity index (χ3n) is 2.89. The van der Waals surface area contributed by atoms with Crippen LogP contribution in [0.15, 0.2) is 0 Å². The van der Waals surface area contributed by atoms with Crippen molar-refractivity contribution in [2.75, 3.05) is 0 Å². The van der Waals surface area contributed by atoms with E-state index < -0.39 is 0 Å². The molecule has 0 saturated heterocycles. The molecule has 5 nitrogen and oxygen atoms in total. The molecule has 1 atom stereocenters. The van der Waals surface area contributed by atoms with Crippen LogP contribution in [0.1, 0.15) is 30.3 Å². The monoisotopic (exact) mass is 254 g/mol.